The quantitative estimate of drug-likeness (QED) is 0.122. The highest BCUT2D eigenvalue weighted by molar-refractivity contribution is 6.23. The predicted molar refractivity (Wildman–Crippen MR) is 444 cm³/mol. The van der Waals surface area contributed by atoms with Crippen LogP contribution in [0.2, 0.25) is 0 Å². The van der Waals surface area contributed by atoms with Crippen LogP contribution in [0.5, 0.6) is 0 Å². The minimum absolute atomic E-state index is 0.338. The van der Waals surface area contributed by atoms with Gasteiger partial charge in [0, 0.05) is 48.8 Å². The Labute approximate surface area is 621 Å². The molecule has 0 aliphatic carbocycles. The van der Waals surface area contributed by atoms with Crippen molar-refractivity contribution in [2.75, 3.05) is 0 Å². The molecular weight excluding hydrogens is 1320 g/mol. The molecule has 21 rings (SSSR count). The fourth-order valence-corrected chi connectivity index (χ4v) is 16.5. The Morgan fingerprint density at radius 3 is 0.787 bits per heavy atom. The lowest BCUT2D eigenvalue weighted by Gasteiger charge is -2.24. The first-order valence-electron chi connectivity index (χ1n) is 36.4. The fraction of sp³-hybridized carbons (Fsp3) is 0. The van der Waals surface area contributed by atoms with Gasteiger partial charge in [-0.3, -0.25) is 0 Å². The Morgan fingerprint density at radius 2 is 0.491 bits per heavy atom. The molecule has 8 heteroatoms. The zero-order valence-corrected chi connectivity index (χ0v) is 58.3. The van der Waals surface area contributed by atoms with E-state index in [0.717, 1.165) is 165 Å². The van der Waals surface area contributed by atoms with Crippen molar-refractivity contribution in [3.05, 3.63) is 376 Å². The van der Waals surface area contributed by atoms with Gasteiger partial charge in [0.1, 0.15) is 17.2 Å². The maximum atomic E-state index is 13.1. The monoisotopic (exact) mass is 1380 g/mol. The molecule has 21 aromatic rings. The van der Waals surface area contributed by atoms with Gasteiger partial charge in [0.15, 0.2) is 23.1 Å². The summed E-state index contributed by atoms with van der Waals surface area (Å²) in [6.07, 6.45) is 0. The third kappa shape index (κ3) is 10.1. The minimum Gasteiger partial charge on any atom is -0.454 e. The zero-order valence-electron chi connectivity index (χ0n) is 58.3. The molecule has 0 N–H and O–H groups in total. The van der Waals surface area contributed by atoms with Crippen LogP contribution >= 0.6 is 0 Å². The van der Waals surface area contributed by atoms with Gasteiger partial charge in [-0.25, -0.2) is 15.0 Å². The van der Waals surface area contributed by atoms with Crippen molar-refractivity contribution in [3.8, 4) is 124 Å². The van der Waals surface area contributed by atoms with E-state index < -0.39 is 0 Å². The highest BCUT2D eigenvalue weighted by atomic mass is 16.3. The molecule has 16 aromatic carbocycles. The van der Waals surface area contributed by atoms with Crippen LogP contribution in [0.1, 0.15) is 5.56 Å². The van der Waals surface area contributed by atoms with Gasteiger partial charge in [-0.15, -0.1) is 0 Å². The van der Waals surface area contributed by atoms with E-state index in [1.54, 1.807) is 0 Å². The summed E-state index contributed by atoms with van der Waals surface area (Å²) in [5, 5.41) is 20.9. The summed E-state index contributed by atoms with van der Waals surface area (Å²) in [5.41, 5.74) is 24.4. The van der Waals surface area contributed by atoms with Crippen molar-refractivity contribution in [1.29, 1.82) is 5.26 Å². The molecule has 5 aromatic heterocycles. The third-order valence-corrected chi connectivity index (χ3v) is 21.5. The summed E-state index contributed by atoms with van der Waals surface area (Å²) >= 11 is 0. The lowest BCUT2D eigenvalue weighted by atomic mass is 9.99. The van der Waals surface area contributed by atoms with Crippen LogP contribution in [-0.2, 0) is 0 Å². The molecule has 0 radical (unpaired) electrons. The van der Waals surface area contributed by atoms with Crippen LogP contribution in [0, 0.1) is 11.3 Å². The SMILES string of the molecule is N#Cc1c(-n2c3ccc(-c4ccccc4)cc3c3cc(-c4ccccc4)ccc32)c(-n2c3ccc(-c4ccccc4)cc3c3cc(-c4ccccc4)ccc32)c(-n2c3ccc(-c4ccccc4)cc3c3cc(-c4ccccc4)ccc32)c2c1oc1c(-c3nc(-c4ccccc4)nc(-c4ccccc4)n3)cccc12. The van der Waals surface area contributed by atoms with Crippen molar-refractivity contribution < 1.29 is 4.42 Å². The van der Waals surface area contributed by atoms with Gasteiger partial charge in [0.05, 0.1) is 61.1 Å². The van der Waals surface area contributed by atoms with Crippen molar-refractivity contribution in [2.45, 2.75) is 0 Å². The smallest absolute Gasteiger partial charge is 0.167 e. The van der Waals surface area contributed by atoms with Gasteiger partial charge in [0.2, 0.25) is 0 Å². The molecule has 0 aliphatic rings. The van der Waals surface area contributed by atoms with E-state index in [1.165, 1.54) is 0 Å². The first kappa shape index (κ1) is 61.8. The summed E-state index contributed by atoms with van der Waals surface area (Å²) in [7, 11) is 0. The van der Waals surface area contributed by atoms with E-state index in [2.05, 4.69) is 323 Å². The van der Waals surface area contributed by atoms with Gasteiger partial charge in [-0.05, 0) is 146 Å². The normalized spacial score (nSPS) is 11.7. The molecule has 0 atom stereocenters. The molecule has 108 heavy (non-hydrogen) atoms. The Kier molecular flexibility index (Phi) is 14.5. The second-order valence-corrected chi connectivity index (χ2v) is 27.7. The minimum atomic E-state index is 0.338. The standard InChI is InChI=1S/C100H61N7O/c101-62-85-93(105-86-50-44-71(63-26-9-1-10-27-63)56-79(86)80-57-72(45-51-87(80)105)64-28-11-2-12-29-64)95(107-90-54-48-75(67-34-17-5-18-35-67)60-83(90)84-61-76(49-55-91(84)107)68-36-19-6-20-37-68)94(106-88-52-46-73(65-30-13-3-14-31-65)58-81(88)82-59-74(47-53-89(82)106)66-32-15-4-16-33-66)92-77-42-25-43-78(96(77)108-97(85)92)100-103-98(69-38-21-7-22-39-69)102-99(104-100)70-40-23-8-24-41-70/h1-61H. The third-order valence-electron chi connectivity index (χ3n) is 21.5. The average molecular weight is 1380 g/mol. The van der Waals surface area contributed by atoms with Crippen LogP contribution in [0.25, 0.3) is 205 Å². The Hall–Kier alpha value is -14.8. The summed E-state index contributed by atoms with van der Waals surface area (Å²) < 4.78 is 15.2. The molecule has 502 valence electrons. The van der Waals surface area contributed by atoms with E-state index in [-0.39, 0.29) is 0 Å². The van der Waals surface area contributed by atoms with Gasteiger partial charge in [-0.2, -0.15) is 5.26 Å². The van der Waals surface area contributed by atoms with Crippen LogP contribution in [0.3, 0.4) is 0 Å². The number of nitriles is 1. The predicted octanol–water partition coefficient (Wildman–Crippen LogP) is 25.9. The van der Waals surface area contributed by atoms with E-state index in [4.69, 9.17) is 19.4 Å². The second-order valence-electron chi connectivity index (χ2n) is 27.7. The summed E-state index contributed by atoms with van der Waals surface area (Å²) in [4.78, 5) is 16.0. The molecule has 0 bridgehead atoms. The van der Waals surface area contributed by atoms with E-state index in [1.807, 2.05) is 66.7 Å². The summed E-state index contributed by atoms with van der Waals surface area (Å²) in [6.45, 7) is 0. The molecule has 5 heterocycles. The van der Waals surface area contributed by atoms with E-state index in [0.29, 0.717) is 45.5 Å². The van der Waals surface area contributed by atoms with Crippen LogP contribution in [0.4, 0.5) is 0 Å². The number of para-hydroxylation sites is 1. The molecule has 0 saturated carbocycles. The topological polar surface area (TPSA) is 90.4 Å². The number of hydrogen-bond acceptors (Lipinski definition) is 5. The van der Waals surface area contributed by atoms with E-state index >= 15 is 0 Å². The highest BCUT2D eigenvalue weighted by Crippen LogP contribution is 2.53. The summed E-state index contributed by atoms with van der Waals surface area (Å²) in [6, 6.07) is 134. The fourth-order valence-electron chi connectivity index (χ4n) is 16.5. The molecule has 8 nitrogen and oxygen atoms in total. The summed E-state index contributed by atoms with van der Waals surface area (Å²) in [5.74, 6) is 1.45. The molecular formula is C100H61N7O. The molecule has 0 unspecified atom stereocenters. The number of nitrogens with zero attached hydrogens (tertiary/aromatic N) is 7. The number of hydrogen-bond donors (Lipinski definition) is 0. The average Bonchev–Trinajstić information content (AvgIpc) is 1.51. The van der Waals surface area contributed by atoms with Crippen molar-refractivity contribution >= 4 is 87.4 Å². The van der Waals surface area contributed by atoms with Crippen molar-refractivity contribution in [3.63, 3.8) is 0 Å². The van der Waals surface area contributed by atoms with Crippen LogP contribution < -0.4 is 0 Å². The Balaban J connectivity index is 0.994. The van der Waals surface area contributed by atoms with Gasteiger partial charge in [0.25, 0.3) is 0 Å². The largest absolute Gasteiger partial charge is 0.454 e. The molecule has 0 saturated heterocycles. The Bertz CT molecular complexity index is 6840. The van der Waals surface area contributed by atoms with Gasteiger partial charge >= 0.3 is 0 Å². The van der Waals surface area contributed by atoms with Crippen LogP contribution in [-0.4, -0.2) is 28.7 Å². The lowest BCUT2D eigenvalue weighted by Crippen LogP contribution is -2.12. The molecule has 0 spiro atoms. The van der Waals surface area contributed by atoms with Gasteiger partial charge in [-0.1, -0.05) is 291 Å². The first-order valence-corrected chi connectivity index (χ1v) is 36.4. The highest BCUT2D eigenvalue weighted by Gasteiger charge is 2.35. The first-order chi connectivity index (χ1) is 53.5. The lowest BCUT2D eigenvalue weighted by molar-refractivity contribution is 0.667. The maximum Gasteiger partial charge on any atom is 0.167 e. The molecule has 0 fully saturated rings. The van der Waals surface area contributed by atoms with E-state index in [9.17, 15) is 5.26 Å². The number of aromatic nitrogens is 6. The van der Waals surface area contributed by atoms with Crippen molar-refractivity contribution in [1.82, 2.24) is 28.7 Å². The number of fused-ring (bicyclic) bond motifs is 12. The van der Waals surface area contributed by atoms with Crippen molar-refractivity contribution in [2.24, 2.45) is 0 Å². The van der Waals surface area contributed by atoms with Gasteiger partial charge < -0.3 is 18.1 Å². The Morgan fingerprint density at radius 1 is 0.222 bits per heavy atom. The number of rotatable bonds is 12. The molecule has 0 aliphatic heterocycles. The maximum absolute atomic E-state index is 13.1. The van der Waals surface area contributed by atoms with Crippen LogP contribution in [0.15, 0.2) is 374 Å². The second kappa shape index (κ2) is 25.3. The molecule has 0 amide bonds. The zero-order chi connectivity index (χ0) is 71.3. The number of benzene rings is 16. The number of furan rings is 1.